The number of halogens is 2. The number of rotatable bonds is 3. The van der Waals surface area contributed by atoms with E-state index in [0.29, 0.717) is 22.3 Å². The summed E-state index contributed by atoms with van der Waals surface area (Å²) in [6.07, 6.45) is 0. The van der Waals surface area contributed by atoms with Crippen LogP contribution in [0.4, 0.5) is 8.78 Å². The Morgan fingerprint density at radius 1 is 0.615 bits per heavy atom. The highest BCUT2D eigenvalue weighted by Crippen LogP contribution is 2.40. The monoisotopic (exact) mass is 348 g/mol. The maximum Gasteiger partial charge on any atom is 0.175 e. The molecule has 2 nitrogen and oxygen atoms in total. The van der Waals surface area contributed by atoms with Crippen LogP contribution in [0.1, 0.15) is 37.8 Å². The van der Waals surface area contributed by atoms with Crippen LogP contribution in [0.25, 0.3) is 0 Å². The van der Waals surface area contributed by atoms with Crippen LogP contribution in [0.2, 0.25) is 0 Å². The molecule has 0 fully saturated rings. The summed E-state index contributed by atoms with van der Waals surface area (Å²) in [6.45, 7) is 0. The van der Waals surface area contributed by atoms with Gasteiger partial charge < -0.3 is 0 Å². The molecule has 4 heteroatoms. The van der Waals surface area contributed by atoms with Gasteiger partial charge in [0.15, 0.2) is 11.6 Å². The first-order chi connectivity index (χ1) is 12.6. The smallest absolute Gasteiger partial charge is 0.175 e. The summed E-state index contributed by atoms with van der Waals surface area (Å²) in [5, 5.41) is 0. The van der Waals surface area contributed by atoms with Crippen molar-refractivity contribution in [2.75, 3.05) is 0 Å². The Labute approximate surface area is 149 Å². The van der Waals surface area contributed by atoms with E-state index in [0.717, 1.165) is 0 Å². The third-order valence-corrected chi connectivity index (χ3v) is 4.81. The highest BCUT2D eigenvalue weighted by atomic mass is 19.1. The Balaban J connectivity index is 1.86. The fourth-order valence-corrected chi connectivity index (χ4v) is 3.59. The summed E-state index contributed by atoms with van der Waals surface area (Å²) in [7, 11) is 0. The first kappa shape index (κ1) is 16.3. The molecule has 0 N–H and O–H groups in total. The van der Waals surface area contributed by atoms with Crippen molar-refractivity contribution in [2.24, 2.45) is 5.92 Å². The van der Waals surface area contributed by atoms with Crippen molar-refractivity contribution in [1.29, 1.82) is 0 Å². The van der Waals surface area contributed by atoms with Gasteiger partial charge >= 0.3 is 0 Å². The number of fused-ring (bicyclic) bond motifs is 1. The first-order valence-corrected chi connectivity index (χ1v) is 8.24. The highest BCUT2D eigenvalue weighted by Gasteiger charge is 2.44. The summed E-state index contributed by atoms with van der Waals surface area (Å²) >= 11 is 0. The van der Waals surface area contributed by atoms with Crippen molar-refractivity contribution < 1.29 is 18.4 Å². The van der Waals surface area contributed by atoms with E-state index >= 15 is 0 Å². The van der Waals surface area contributed by atoms with Gasteiger partial charge in [-0.1, -0.05) is 48.5 Å². The molecule has 0 saturated carbocycles. The second-order valence-electron chi connectivity index (χ2n) is 6.33. The van der Waals surface area contributed by atoms with E-state index in [2.05, 4.69) is 0 Å². The van der Waals surface area contributed by atoms with E-state index in [-0.39, 0.29) is 11.6 Å². The van der Waals surface area contributed by atoms with E-state index < -0.39 is 23.5 Å². The van der Waals surface area contributed by atoms with E-state index in [1.807, 2.05) is 0 Å². The van der Waals surface area contributed by atoms with Crippen LogP contribution in [0, 0.1) is 17.6 Å². The summed E-state index contributed by atoms with van der Waals surface area (Å²) in [4.78, 5) is 25.9. The second-order valence-corrected chi connectivity index (χ2v) is 6.33. The zero-order valence-electron chi connectivity index (χ0n) is 13.7. The molecule has 0 unspecified atom stereocenters. The van der Waals surface area contributed by atoms with Gasteiger partial charge in [-0.25, -0.2) is 8.78 Å². The number of Topliss-reactive ketones (excluding diaryl/α,β-unsaturated/α-hetero) is 2. The molecule has 1 aliphatic rings. The van der Waals surface area contributed by atoms with Crippen molar-refractivity contribution in [3.05, 3.63) is 107 Å². The number of carbonyl (C=O) groups is 2. The lowest BCUT2D eigenvalue weighted by Gasteiger charge is -2.22. The molecule has 0 radical (unpaired) electrons. The molecule has 128 valence electrons. The molecule has 0 bridgehead atoms. The maximum absolute atomic E-state index is 13.4. The Hall–Kier alpha value is -3.14. The topological polar surface area (TPSA) is 34.1 Å². The molecule has 0 amide bonds. The van der Waals surface area contributed by atoms with Crippen molar-refractivity contribution >= 4 is 11.6 Å². The van der Waals surface area contributed by atoms with Gasteiger partial charge in [0.2, 0.25) is 0 Å². The lowest BCUT2D eigenvalue weighted by atomic mass is 9.78. The van der Waals surface area contributed by atoms with Crippen LogP contribution in [0.15, 0.2) is 72.8 Å². The normalized spacial score (nSPS) is 14.1. The van der Waals surface area contributed by atoms with Crippen molar-refractivity contribution in [3.63, 3.8) is 0 Å². The SMILES string of the molecule is O=C1c2ccccc2C(=O)C1C(c1ccc(F)cc1)c1ccc(F)cc1. The number of ketones is 2. The van der Waals surface area contributed by atoms with Gasteiger partial charge in [0, 0.05) is 17.0 Å². The van der Waals surface area contributed by atoms with Crippen LogP contribution in [0.5, 0.6) is 0 Å². The molecule has 0 saturated heterocycles. The van der Waals surface area contributed by atoms with Crippen molar-refractivity contribution in [3.8, 4) is 0 Å². The van der Waals surface area contributed by atoms with Crippen LogP contribution in [-0.2, 0) is 0 Å². The number of benzene rings is 3. The predicted octanol–water partition coefficient (Wildman–Crippen LogP) is 4.79. The van der Waals surface area contributed by atoms with Gasteiger partial charge in [0.1, 0.15) is 11.6 Å². The summed E-state index contributed by atoms with van der Waals surface area (Å²) < 4.78 is 26.7. The standard InChI is InChI=1S/C22H14F2O2/c23-15-9-5-13(6-10-15)19(14-7-11-16(24)12-8-14)20-21(25)17-3-1-2-4-18(17)22(20)26/h1-12,19-20H. The third-order valence-electron chi connectivity index (χ3n) is 4.81. The van der Waals surface area contributed by atoms with Crippen molar-refractivity contribution in [1.82, 2.24) is 0 Å². The first-order valence-electron chi connectivity index (χ1n) is 8.24. The molecule has 0 atom stereocenters. The Bertz CT molecular complexity index is 911. The van der Waals surface area contributed by atoms with E-state index in [9.17, 15) is 18.4 Å². The Morgan fingerprint density at radius 3 is 1.38 bits per heavy atom. The Kier molecular flexibility index (Phi) is 3.96. The minimum Gasteiger partial charge on any atom is -0.293 e. The van der Waals surface area contributed by atoms with Crippen LogP contribution in [-0.4, -0.2) is 11.6 Å². The van der Waals surface area contributed by atoms with E-state index in [1.54, 1.807) is 48.5 Å². The van der Waals surface area contributed by atoms with Crippen LogP contribution < -0.4 is 0 Å². The van der Waals surface area contributed by atoms with Gasteiger partial charge in [0.05, 0.1) is 5.92 Å². The molecule has 0 aliphatic heterocycles. The quantitative estimate of drug-likeness (QED) is 0.638. The minimum atomic E-state index is -0.941. The summed E-state index contributed by atoms with van der Waals surface area (Å²) in [5.41, 5.74) is 2.07. The predicted molar refractivity (Wildman–Crippen MR) is 93.2 cm³/mol. The highest BCUT2D eigenvalue weighted by molar-refractivity contribution is 6.27. The van der Waals surface area contributed by atoms with Gasteiger partial charge in [-0.2, -0.15) is 0 Å². The molecule has 26 heavy (non-hydrogen) atoms. The number of carbonyl (C=O) groups excluding carboxylic acids is 2. The molecular formula is C22H14F2O2. The van der Waals surface area contributed by atoms with Crippen LogP contribution in [0.3, 0.4) is 0 Å². The van der Waals surface area contributed by atoms with E-state index in [1.165, 1.54) is 24.3 Å². The lowest BCUT2D eigenvalue weighted by Crippen LogP contribution is -2.25. The largest absolute Gasteiger partial charge is 0.293 e. The van der Waals surface area contributed by atoms with E-state index in [4.69, 9.17) is 0 Å². The Morgan fingerprint density at radius 2 is 1.00 bits per heavy atom. The third kappa shape index (κ3) is 2.64. The zero-order chi connectivity index (χ0) is 18.3. The molecule has 3 aromatic carbocycles. The summed E-state index contributed by atoms with van der Waals surface area (Å²) in [5.74, 6) is -2.88. The van der Waals surface area contributed by atoms with Gasteiger partial charge in [-0.3, -0.25) is 9.59 Å². The van der Waals surface area contributed by atoms with Crippen LogP contribution >= 0.6 is 0 Å². The minimum absolute atomic E-state index is 0.260. The molecule has 0 aromatic heterocycles. The average Bonchev–Trinajstić information content (AvgIpc) is 2.90. The average molecular weight is 348 g/mol. The lowest BCUT2D eigenvalue weighted by molar-refractivity contribution is 0.0825. The number of hydrogen-bond acceptors (Lipinski definition) is 2. The molecule has 1 aliphatic carbocycles. The van der Waals surface area contributed by atoms with Gasteiger partial charge in [0.25, 0.3) is 0 Å². The van der Waals surface area contributed by atoms with Gasteiger partial charge in [-0.05, 0) is 35.4 Å². The molecule has 0 spiro atoms. The molecule has 0 heterocycles. The molecular weight excluding hydrogens is 334 g/mol. The van der Waals surface area contributed by atoms with Gasteiger partial charge in [-0.15, -0.1) is 0 Å². The second kappa shape index (κ2) is 6.30. The fraction of sp³-hybridized carbons (Fsp3) is 0.0909. The fourth-order valence-electron chi connectivity index (χ4n) is 3.59. The zero-order valence-corrected chi connectivity index (χ0v) is 13.7. The number of hydrogen-bond donors (Lipinski definition) is 0. The maximum atomic E-state index is 13.4. The van der Waals surface area contributed by atoms with Crippen molar-refractivity contribution in [2.45, 2.75) is 5.92 Å². The molecule has 3 aromatic rings. The molecule has 4 rings (SSSR count). The summed E-state index contributed by atoms with van der Waals surface area (Å²) in [6, 6.07) is 18.1.